The van der Waals surface area contributed by atoms with Crippen LogP contribution in [-0.2, 0) is 0 Å². The number of hydrogen-bond acceptors (Lipinski definition) is 4. The maximum Gasteiger partial charge on any atom is 0.123 e. The molecule has 0 radical (unpaired) electrons. The molecule has 0 aliphatic carbocycles. The Balaban J connectivity index is 3.09. The second-order valence-corrected chi connectivity index (χ2v) is 4.37. The van der Waals surface area contributed by atoms with Gasteiger partial charge in [0.05, 0.1) is 26.4 Å². The second kappa shape index (κ2) is 5.89. The molecule has 96 valence electrons. The molecule has 4 nitrogen and oxygen atoms in total. The van der Waals surface area contributed by atoms with E-state index in [0.717, 1.165) is 5.56 Å². The lowest BCUT2D eigenvalue weighted by molar-refractivity contribution is 0.0968. The fourth-order valence-electron chi connectivity index (χ4n) is 1.70. The molecule has 0 spiro atoms. The summed E-state index contributed by atoms with van der Waals surface area (Å²) in [5.41, 5.74) is 6.81. The number of aliphatic hydroxyl groups excluding tert-OH is 1. The molecule has 1 rings (SSSR count). The van der Waals surface area contributed by atoms with Gasteiger partial charge >= 0.3 is 0 Å². The minimum Gasteiger partial charge on any atom is -0.497 e. The lowest BCUT2D eigenvalue weighted by atomic mass is 9.94. The van der Waals surface area contributed by atoms with Crippen molar-refractivity contribution in [1.29, 1.82) is 0 Å². The highest BCUT2D eigenvalue weighted by molar-refractivity contribution is 5.42. The number of benzene rings is 1. The van der Waals surface area contributed by atoms with E-state index in [4.69, 9.17) is 15.2 Å². The van der Waals surface area contributed by atoms with Crippen LogP contribution in [0.5, 0.6) is 11.5 Å². The van der Waals surface area contributed by atoms with E-state index in [9.17, 15) is 5.11 Å². The van der Waals surface area contributed by atoms with Crippen LogP contribution in [0.25, 0.3) is 0 Å². The van der Waals surface area contributed by atoms with Crippen molar-refractivity contribution in [2.45, 2.75) is 26.0 Å². The van der Waals surface area contributed by atoms with E-state index >= 15 is 0 Å². The molecular formula is C13H21NO3. The van der Waals surface area contributed by atoms with E-state index < -0.39 is 12.1 Å². The highest BCUT2D eigenvalue weighted by Gasteiger charge is 2.23. The SMILES string of the molecule is COc1ccc(OC)c([C@@H](N)[C@@H](O)C(C)C)c1. The lowest BCUT2D eigenvalue weighted by Gasteiger charge is -2.24. The van der Waals surface area contributed by atoms with Crippen molar-refractivity contribution in [3.8, 4) is 11.5 Å². The average molecular weight is 239 g/mol. The van der Waals surface area contributed by atoms with Gasteiger partial charge in [-0.15, -0.1) is 0 Å². The molecule has 0 aliphatic heterocycles. The van der Waals surface area contributed by atoms with Gasteiger partial charge in [-0.05, 0) is 24.1 Å². The summed E-state index contributed by atoms with van der Waals surface area (Å²) < 4.78 is 10.4. The summed E-state index contributed by atoms with van der Waals surface area (Å²) in [5, 5.41) is 10.0. The van der Waals surface area contributed by atoms with Gasteiger partial charge in [0, 0.05) is 5.56 Å². The molecule has 0 amide bonds. The van der Waals surface area contributed by atoms with Gasteiger partial charge in [0.1, 0.15) is 11.5 Å². The predicted molar refractivity (Wildman–Crippen MR) is 67.3 cm³/mol. The zero-order valence-electron chi connectivity index (χ0n) is 10.8. The van der Waals surface area contributed by atoms with Gasteiger partial charge in [-0.3, -0.25) is 0 Å². The first-order chi connectivity index (χ1) is 8.01. The van der Waals surface area contributed by atoms with E-state index in [1.807, 2.05) is 13.8 Å². The number of methoxy groups -OCH3 is 2. The van der Waals surface area contributed by atoms with Crippen molar-refractivity contribution in [1.82, 2.24) is 0 Å². The zero-order chi connectivity index (χ0) is 13.0. The zero-order valence-corrected chi connectivity index (χ0v) is 10.8. The van der Waals surface area contributed by atoms with Crippen LogP contribution in [0.1, 0.15) is 25.5 Å². The largest absolute Gasteiger partial charge is 0.497 e. The number of nitrogens with two attached hydrogens (primary N) is 1. The monoisotopic (exact) mass is 239 g/mol. The van der Waals surface area contributed by atoms with Crippen LogP contribution in [0.2, 0.25) is 0 Å². The Labute approximate surface area is 102 Å². The third kappa shape index (κ3) is 3.11. The van der Waals surface area contributed by atoms with Crippen LogP contribution in [0, 0.1) is 5.92 Å². The third-order valence-electron chi connectivity index (χ3n) is 2.85. The lowest BCUT2D eigenvalue weighted by Crippen LogP contribution is -2.30. The Hall–Kier alpha value is -1.26. The first-order valence-electron chi connectivity index (χ1n) is 5.66. The van der Waals surface area contributed by atoms with Gasteiger partial charge < -0.3 is 20.3 Å². The van der Waals surface area contributed by atoms with Crippen molar-refractivity contribution in [2.24, 2.45) is 11.7 Å². The van der Waals surface area contributed by atoms with Crippen LogP contribution in [-0.4, -0.2) is 25.4 Å². The molecule has 0 heterocycles. The average Bonchev–Trinajstić information content (AvgIpc) is 2.35. The van der Waals surface area contributed by atoms with Crippen LogP contribution in [0.4, 0.5) is 0 Å². The highest BCUT2D eigenvalue weighted by atomic mass is 16.5. The molecule has 0 aliphatic rings. The van der Waals surface area contributed by atoms with Crippen LogP contribution in [0.3, 0.4) is 0 Å². The molecule has 0 saturated carbocycles. The minimum absolute atomic E-state index is 0.0842. The summed E-state index contributed by atoms with van der Waals surface area (Å²) in [5.74, 6) is 1.45. The molecule has 0 saturated heterocycles. The highest BCUT2D eigenvalue weighted by Crippen LogP contribution is 2.31. The maximum absolute atomic E-state index is 10.0. The second-order valence-electron chi connectivity index (χ2n) is 4.37. The quantitative estimate of drug-likeness (QED) is 0.821. The molecule has 17 heavy (non-hydrogen) atoms. The van der Waals surface area contributed by atoms with Crippen LogP contribution >= 0.6 is 0 Å². The van der Waals surface area contributed by atoms with Crippen molar-refractivity contribution >= 4 is 0 Å². The molecule has 1 aromatic carbocycles. The molecule has 2 atom stereocenters. The summed E-state index contributed by atoms with van der Waals surface area (Å²) in [6.07, 6.45) is -0.615. The van der Waals surface area contributed by atoms with Gasteiger partial charge in [0.2, 0.25) is 0 Å². The number of hydrogen-bond donors (Lipinski definition) is 2. The summed E-state index contributed by atoms with van der Waals surface area (Å²) in [6.45, 7) is 3.86. The fraction of sp³-hybridized carbons (Fsp3) is 0.538. The van der Waals surface area contributed by atoms with Gasteiger partial charge in [0.25, 0.3) is 0 Å². The topological polar surface area (TPSA) is 64.7 Å². The molecule has 0 bridgehead atoms. The van der Waals surface area contributed by atoms with Gasteiger partial charge in [-0.2, -0.15) is 0 Å². The first kappa shape index (κ1) is 13.8. The molecule has 1 aromatic rings. The summed E-state index contributed by atoms with van der Waals surface area (Å²) in [7, 11) is 3.18. The minimum atomic E-state index is -0.615. The Bertz CT molecular complexity index is 366. The van der Waals surface area contributed by atoms with Crippen LogP contribution in [0.15, 0.2) is 18.2 Å². The summed E-state index contributed by atoms with van der Waals surface area (Å²) >= 11 is 0. The van der Waals surface area contributed by atoms with Gasteiger partial charge in [-0.25, -0.2) is 0 Å². The van der Waals surface area contributed by atoms with Crippen molar-refractivity contribution in [2.75, 3.05) is 14.2 Å². The Morgan fingerprint density at radius 2 is 1.82 bits per heavy atom. The van der Waals surface area contributed by atoms with E-state index in [-0.39, 0.29) is 5.92 Å². The van der Waals surface area contributed by atoms with Crippen molar-refractivity contribution in [3.63, 3.8) is 0 Å². The van der Waals surface area contributed by atoms with Crippen LogP contribution < -0.4 is 15.2 Å². The van der Waals surface area contributed by atoms with E-state index in [1.54, 1.807) is 32.4 Å². The van der Waals surface area contributed by atoms with E-state index in [2.05, 4.69) is 0 Å². The molecule has 0 aromatic heterocycles. The van der Waals surface area contributed by atoms with Crippen molar-refractivity contribution < 1.29 is 14.6 Å². The number of aliphatic hydroxyl groups is 1. The van der Waals surface area contributed by atoms with E-state index in [0.29, 0.717) is 11.5 Å². The number of ether oxygens (including phenoxy) is 2. The Kier molecular flexibility index (Phi) is 4.78. The smallest absolute Gasteiger partial charge is 0.123 e. The molecule has 4 heteroatoms. The molecule has 3 N–H and O–H groups in total. The van der Waals surface area contributed by atoms with E-state index in [1.165, 1.54) is 0 Å². The Morgan fingerprint density at radius 1 is 1.18 bits per heavy atom. The number of rotatable bonds is 5. The summed E-state index contributed by atoms with van der Waals surface area (Å²) in [6, 6.07) is 4.91. The first-order valence-corrected chi connectivity index (χ1v) is 5.66. The summed E-state index contributed by atoms with van der Waals surface area (Å²) in [4.78, 5) is 0. The van der Waals surface area contributed by atoms with Gasteiger partial charge in [-0.1, -0.05) is 13.8 Å². The molecular weight excluding hydrogens is 218 g/mol. The standard InChI is InChI=1S/C13H21NO3/c1-8(2)13(15)12(14)10-7-9(16-3)5-6-11(10)17-4/h5-8,12-13,15H,14H2,1-4H3/t12-,13+/m1/s1. The molecule has 0 fully saturated rings. The predicted octanol–water partition coefficient (Wildman–Crippen LogP) is 1.72. The van der Waals surface area contributed by atoms with Gasteiger partial charge in [0.15, 0.2) is 0 Å². The normalized spacial score (nSPS) is 14.5. The molecule has 0 unspecified atom stereocenters. The fourth-order valence-corrected chi connectivity index (χ4v) is 1.70. The van der Waals surface area contributed by atoms with Crippen molar-refractivity contribution in [3.05, 3.63) is 23.8 Å². The third-order valence-corrected chi connectivity index (χ3v) is 2.85. The maximum atomic E-state index is 10.0. The Morgan fingerprint density at radius 3 is 2.29 bits per heavy atom.